The van der Waals surface area contributed by atoms with Crippen molar-refractivity contribution in [3.8, 4) is 6.07 Å². The number of allylic oxidation sites excluding steroid dienone is 1. The zero-order chi connectivity index (χ0) is 34.7. The summed E-state index contributed by atoms with van der Waals surface area (Å²) in [5.74, 6) is -0.769. The van der Waals surface area contributed by atoms with Gasteiger partial charge in [-0.05, 0) is 45.7 Å². The van der Waals surface area contributed by atoms with Gasteiger partial charge in [-0.25, -0.2) is 4.79 Å². The average Bonchev–Trinajstić information content (AvgIpc) is 2.94. The summed E-state index contributed by atoms with van der Waals surface area (Å²) in [4.78, 5) is 33.3. The Morgan fingerprint density at radius 2 is 1.22 bits per heavy atom. The van der Waals surface area contributed by atoms with Crippen LogP contribution in [0, 0.1) is 11.3 Å². The van der Waals surface area contributed by atoms with E-state index in [-0.39, 0.29) is 24.6 Å². The van der Waals surface area contributed by atoms with Crippen LogP contribution in [0.3, 0.4) is 0 Å². The van der Waals surface area contributed by atoms with Crippen LogP contribution in [0.5, 0.6) is 0 Å². The molecular weight excluding hydrogens is 773 g/mol. The van der Waals surface area contributed by atoms with Gasteiger partial charge in [0, 0.05) is 12.6 Å². The van der Waals surface area contributed by atoms with Gasteiger partial charge in [-0.3, -0.25) is 4.79 Å². The van der Waals surface area contributed by atoms with Crippen molar-refractivity contribution in [2.24, 2.45) is 16.0 Å². The fourth-order valence-corrected chi connectivity index (χ4v) is 2.87. The Morgan fingerprint density at radius 3 is 1.60 bits per heavy atom. The van der Waals surface area contributed by atoms with Crippen molar-refractivity contribution in [3.63, 3.8) is 0 Å². The number of rotatable bonds is 12. The second-order valence-electron chi connectivity index (χ2n) is 8.43. The van der Waals surface area contributed by atoms with Gasteiger partial charge < -0.3 is 24.9 Å². The van der Waals surface area contributed by atoms with Crippen molar-refractivity contribution in [2.45, 2.75) is 61.2 Å². The molecule has 0 unspecified atom stereocenters. The number of hydrogen-bond donors (Lipinski definition) is 1. The Morgan fingerprint density at radius 1 is 0.822 bits per heavy atom. The Hall–Kier alpha value is -2.69. The molecule has 0 amide bonds. The molecule has 2 rings (SSSR count). The van der Waals surface area contributed by atoms with E-state index in [1.54, 1.807) is 40.7 Å². The molecule has 0 bridgehead atoms. The number of nitrogens with zero attached hydrogens (tertiary/aromatic N) is 3. The molecule has 0 fully saturated rings. The third kappa shape index (κ3) is 28.5. The fraction of sp³-hybridized carbons (Fsp3) is 0.367. The number of nitrogens with two attached hydrogens (primary N) is 1. The zero-order valence-electron chi connectivity index (χ0n) is 26.2. The van der Waals surface area contributed by atoms with Crippen LogP contribution in [-0.4, -0.2) is 50.4 Å². The van der Waals surface area contributed by atoms with Crippen molar-refractivity contribution in [1.29, 1.82) is 5.26 Å². The van der Waals surface area contributed by atoms with Gasteiger partial charge in [0.2, 0.25) is 0 Å². The van der Waals surface area contributed by atoms with Gasteiger partial charge in [-0.15, -0.1) is 0 Å². The van der Waals surface area contributed by atoms with Crippen LogP contribution in [0.1, 0.15) is 59.1 Å². The molecule has 0 atom stereocenters. The van der Waals surface area contributed by atoms with Crippen LogP contribution in [-0.2, 0) is 42.0 Å². The van der Waals surface area contributed by atoms with Crippen molar-refractivity contribution in [2.75, 3.05) is 13.2 Å². The van der Waals surface area contributed by atoms with Crippen LogP contribution in [0.2, 0.25) is 0 Å². The molecule has 0 aliphatic rings. The van der Waals surface area contributed by atoms with Crippen LogP contribution in [0.4, 0.5) is 0 Å². The number of ether oxygens (including phenoxy) is 2. The molecule has 2 N–H and O–H groups in total. The van der Waals surface area contributed by atoms with Crippen LogP contribution in [0.15, 0.2) is 82.2 Å². The number of carbonyl (C=O) groups excluding carboxylic acids is 2. The third-order valence-corrected chi connectivity index (χ3v) is 4.51. The van der Waals surface area contributed by atoms with Crippen LogP contribution in [0.25, 0.3) is 0 Å². The number of carbonyl (C=O) groups is 2. The molecule has 0 saturated carbocycles. The Bertz CT molecular complexity index is 1240. The van der Waals surface area contributed by atoms with Crippen LogP contribution < -0.4 is 5.73 Å². The molecule has 248 valence electrons. The molecule has 10 nitrogen and oxygen atoms in total. The topological polar surface area (TPSA) is 146 Å². The van der Waals surface area contributed by atoms with Gasteiger partial charge in [0.25, 0.3) is 0 Å². The summed E-state index contributed by atoms with van der Waals surface area (Å²) in [5, 5.41) is 15.1. The Labute approximate surface area is 284 Å². The first-order valence-electron chi connectivity index (χ1n) is 13.5. The van der Waals surface area contributed by atoms with Crippen molar-refractivity contribution >= 4 is 72.9 Å². The molecule has 0 aliphatic heterocycles. The first-order valence-corrected chi connectivity index (χ1v) is 27.9. The second kappa shape index (κ2) is 27.6. The van der Waals surface area contributed by atoms with E-state index < -0.39 is 19.8 Å². The molecule has 0 aromatic heterocycles. The van der Waals surface area contributed by atoms with E-state index in [0.717, 1.165) is 11.1 Å². The van der Waals surface area contributed by atoms with E-state index in [2.05, 4.69) is 10.3 Å². The quantitative estimate of drug-likeness (QED) is 0.0751. The van der Waals surface area contributed by atoms with Gasteiger partial charge in [0.15, 0.2) is 0 Å². The van der Waals surface area contributed by atoms with E-state index in [9.17, 15) is 9.59 Å². The molecule has 2 aromatic rings. The molecule has 2 aromatic carbocycles. The van der Waals surface area contributed by atoms with Gasteiger partial charge in [0.1, 0.15) is 18.8 Å². The van der Waals surface area contributed by atoms with E-state index in [0.29, 0.717) is 36.9 Å². The predicted octanol–water partition coefficient (Wildman–Crippen LogP) is 7.81. The minimum atomic E-state index is -3.29. The summed E-state index contributed by atoms with van der Waals surface area (Å²) >= 11 is -3.29. The summed E-state index contributed by atoms with van der Waals surface area (Å²) in [5.41, 5.74) is 9.35. The number of nitriles is 1. The van der Waals surface area contributed by atoms with E-state index in [4.69, 9.17) is 65.8 Å². The zero-order valence-corrected chi connectivity index (χ0v) is 32.1. The van der Waals surface area contributed by atoms with E-state index in [1.165, 1.54) is 6.92 Å². The first-order chi connectivity index (χ1) is 21.2. The van der Waals surface area contributed by atoms with Gasteiger partial charge in [0.05, 0.1) is 37.1 Å². The summed E-state index contributed by atoms with van der Waals surface area (Å²) in [6.45, 7) is 11.4. The molecule has 0 aliphatic carbocycles. The van der Waals surface area contributed by atoms with Crippen LogP contribution >= 0.6 is 35.7 Å². The number of halogens is 4. The fourth-order valence-electron chi connectivity index (χ4n) is 2.87. The van der Waals surface area contributed by atoms with Crippen molar-refractivity contribution < 1.29 is 28.7 Å². The predicted molar refractivity (Wildman–Crippen MR) is 184 cm³/mol. The summed E-state index contributed by atoms with van der Waals surface area (Å²) in [7, 11) is 20.1. The molecule has 45 heavy (non-hydrogen) atoms. The molecule has 15 heteroatoms. The second-order valence-corrected chi connectivity index (χ2v) is 33.9. The van der Waals surface area contributed by atoms with E-state index in [1.807, 2.05) is 60.7 Å². The number of hydrogen-bond acceptors (Lipinski definition) is 10. The van der Waals surface area contributed by atoms with Gasteiger partial charge in [-0.1, -0.05) is 71.0 Å². The molecule has 0 radical (unpaired) electrons. The molecule has 0 heterocycles. The van der Waals surface area contributed by atoms with Gasteiger partial charge >= 0.3 is 61.5 Å². The van der Waals surface area contributed by atoms with E-state index >= 15 is 0 Å². The monoisotopic (exact) mass is 812 g/mol. The normalized spacial score (nSPS) is 11.3. The minimum absolute atomic E-state index is 0.169. The summed E-state index contributed by atoms with van der Waals surface area (Å²) in [6.07, 6.45) is 0.169. The molecule has 0 spiro atoms. The average molecular weight is 813 g/mol. The number of esters is 2. The summed E-state index contributed by atoms with van der Waals surface area (Å²) in [6, 6.07) is 21.1. The van der Waals surface area contributed by atoms with Gasteiger partial charge in [-0.2, -0.15) is 5.26 Å². The van der Waals surface area contributed by atoms with Crippen molar-refractivity contribution in [3.05, 3.63) is 83.1 Å². The molecular formula is C30H40Cl4N4O6Sn. The van der Waals surface area contributed by atoms with Crippen molar-refractivity contribution in [1.82, 2.24) is 0 Å². The molecule has 0 saturated heterocycles. The third-order valence-electron chi connectivity index (χ3n) is 4.51. The summed E-state index contributed by atoms with van der Waals surface area (Å²) < 4.78 is 9.74. The Balaban J connectivity index is 0. The maximum absolute atomic E-state index is 11.8. The standard InChI is InChI=1S/C15H20N2O3.C13H17NO3.C2H3N.4ClH.Sn/c1-4-19-15(18)14(11(2)16)12(3)17-20-10-13-8-6-5-7-9-13;1-3-16-13(15)9-11(2)14-17-10-12-7-5-4-6-8-12;1-2-3;;;;;/h5-9H,4,10,16H2,1-3H3;4-8H,3,9-10H2,1-2H3;1H3;4*1H;/q;;;;;;;+4/p-4/b14-11+,17-12-;;;;;;;. The number of oxime groups is 2. The SMILES string of the molecule is CC#N.CCOC(=O)C(/C(C)=N\OCc1ccccc1)=C(\C)N.CCOC(=O)CC(C)=NOCc1ccccc1.[Cl][Sn]([Cl])([Cl])[Cl]. The Kier molecular flexibility index (Phi) is 27.3. The maximum atomic E-state index is 11.8. The first kappa shape index (κ1) is 44.4. The number of benzene rings is 2.